The number of benzene rings is 1. The first-order valence-corrected chi connectivity index (χ1v) is 7.00. The standard InChI is InChI=1S/C11H17FN2O2S/c1-2-7-13-8-9-14-17(15,16)11-5-3-10(12)4-6-11/h3-6,13-14H,2,7-9H2,1H3. The summed E-state index contributed by atoms with van der Waals surface area (Å²) in [4.78, 5) is 0.0781. The van der Waals surface area contributed by atoms with Gasteiger partial charge in [0.1, 0.15) is 5.82 Å². The molecule has 0 spiro atoms. The van der Waals surface area contributed by atoms with Crippen molar-refractivity contribution in [2.75, 3.05) is 19.6 Å². The summed E-state index contributed by atoms with van der Waals surface area (Å²) in [7, 11) is -3.52. The van der Waals surface area contributed by atoms with Gasteiger partial charge in [0.05, 0.1) is 4.90 Å². The van der Waals surface area contributed by atoms with Crippen molar-refractivity contribution in [3.8, 4) is 0 Å². The summed E-state index contributed by atoms with van der Waals surface area (Å²) in [5, 5.41) is 3.08. The molecule has 0 atom stereocenters. The Morgan fingerprint density at radius 2 is 1.76 bits per heavy atom. The van der Waals surface area contributed by atoms with Crippen molar-refractivity contribution in [3.05, 3.63) is 30.1 Å². The van der Waals surface area contributed by atoms with Crippen LogP contribution in [0.5, 0.6) is 0 Å². The predicted molar refractivity (Wildman–Crippen MR) is 64.7 cm³/mol. The van der Waals surface area contributed by atoms with E-state index < -0.39 is 15.8 Å². The van der Waals surface area contributed by atoms with Crippen LogP contribution in [0.25, 0.3) is 0 Å². The topological polar surface area (TPSA) is 58.2 Å². The molecule has 17 heavy (non-hydrogen) atoms. The van der Waals surface area contributed by atoms with Crippen molar-refractivity contribution in [1.29, 1.82) is 0 Å². The van der Waals surface area contributed by atoms with Crippen LogP contribution in [0.4, 0.5) is 4.39 Å². The number of hydrogen-bond donors (Lipinski definition) is 2. The molecule has 0 heterocycles. The predicted octanol–water partition coefficient (Wildman–Crippen LogP) is 1.10. The number of hydrogen-bond acceptors (Lipinski definition) is 3. The average molecular weight is 260 g/mol. The van der Waals surface area contributed by atoms with Gasteiger partial charge in [-0.2, -0.15) is 0 Å². The van der Waals surface area contributed by atoms with Crippen molar-refractivity contribution in [2.24, 2.45) is 0 Å². The Hall–Kier alpha value is -0.980. The van der Waals surface area contributed by atoms with Gasteiger partial charge in [-0.25, -0.2) is 17.5 Å². The molecule has 0 aromatic heterocycles. The molecule has 0 unspecified atom stereocenters. The first-order valence-electron chi connectivity index (χ1n) is 5.52. The summed E-state index contributed by atoms with van der Waals surface area (Å²) >= 11 is 0. The fraction of sp³-hybridized carbons (Fsp3) is 0.455. The van der Waals surface area contributed by atoms with Crippen molar-refractivity contribution in [2.45, 2.75) is 18.2 Å². The number of rotatable bonds is 7. The third-order valence-electron chi connectivity index (χ3n) is 2.14. The summed E-state index contributed by atoms with van der Waals surface area (Å²) in [5.41, 5.74) is 0. The van der Waals surface area contributed by atoms with Crippen LogP contribution in [0.1, 0.15) is 13.3 Å². The second-order valence-electron chi connectivity index (χ2n) is 3.60. The van der Waals surface area contributed by atoms with Crippen LogP contribution in [0.3, 0.4) is 0 Å². The van der Waals surface area contributed by atoms with Gasteiger partial charge in [0.15, 0.2) is 0 Å². The fourth-order valence-corrected chi connectivity index (χ4v) is 2.30. The third-order valence-corrected chi connectivity index (χ3v) is 3.62. The van der Waals surface area contributed by atoms with E-state index in [2.05, 4.69) is 10.0 Å². The van der Waals surface area contributed by atoms with Gasteiger partial charge in [0, 0.05) is 13.1 Å². The quantitative estimate of drug-likeness (QED) is 0.722. The lowest BCUT2D eigenvalue weighted by Gasteiger charge is -2.07. The molecule has 0 saturated heterocycles. The molecule has 0 aliphatic heterocycles. The van der Waals surface area contributed by atoms with Crippen molar-refractivity contribution < 1.29 is 12.8 Å². The molecule has 4 nitrogen and oxygen atoms in total. The Bertz CT molecular complexity index is 431. The summed E-state index contributed by atoms with van der Waals surface area (Å²) in [6.45, 7) is 3.79. The van der Waals surface area contributed by atoms with Gasteiger partial charge in [-0.3, -0.25) is 0 Å². The van der Waals surface area contributed by atoms with E-state index in [0.717, 1.165) is 25.1 Å². The van der Waals surface area contributed by atoms with E-state index in [1.807, 2.05) is 6.92 Å². The molecular weight excluding hydrogens is 243 g/mol. The first-order chi connectivity index (χ1) is 8.06. The van der Waals surface area contributed by atoms with Crippen LogP contribution in [-0.2, 0) is 10.0 Å². The van der Waals surface area contributed by atoms with Crippen LogP contribution in [0, 0.1) is 5.82 Å². The van der Waals surface area contributed by atoms with Gasteiger partial charge in [-0.05, 0) is 37.2 Å². The van der Waals surface area contributed by atoms with E-state index in [1.165, 1.54) is 12.1 Å². The van der Waals surface area contributed by atoms with Crippen molar-refractivity contribution >= 4 is 10.0 Å². The molecule has 1 rings (SSSR count). The minimum absolute atomic E-state index is 0.0781. The van der Waals surface area contributed by atoms with Crippen LogP contribution in [0.15, 0.2) is 29.2 Å². The number of halogens is 1. The Morgan fingerprint density at radius 1 is 1.12 bits per heavy atom. The van der Waals surface area contributed by atoms with Gasteiger partial charge in [0.2, 0.25) is 10.0 Å². The van der Waals surface area contributed by atoms with Crippen LogP contribution in [-0.4, -0.2) is 28.1 Å². The molecule has 0 bridgehead atoms. The van der Waals surface area contributed by atoms with E-state index in [4.69, 9.17) is 0 Å². The van der Waals surface area contributed by atoms with Crippen LogP contribution in [0.2, 0.25) is 0 Å². The molecule has 0 aliphatic carbocycles. The molecule has 1 aromatic carbocycles. The number of nitrogens with one attached hydrogen (secondary N) is 2. The lowest BCUT2D eigenvalue weighted by Crippen LogP contribution is -2.32. The molecule has 0 fully saturated rings. The molecule has 0 aliphatic rings. The Balaban J connectivity index is 2.48. The zero-order chi connectivity index (χ0) is 12.7. The van der Waals surface area contributed by atoms with Crippen LogP contribution < -0.4 is 10.0 Å². The van der Waals surface area contributed by atoms with Crippen molar-refractivity contribution in [1.82, 2.24) is 10.0 Å². The molecule has 0 saturated carbocycles. The fourth-order valence-electron chi connectivity index (χ4n) is 1.27. The van der Waals surface area contributed by atoms with Gasteiger partial charge in [-0.15, -0.1) is 0 Å². The minimum atomic E-state index is -3.52. The second-order valence-corrected chi connectivity index (χ2v) is 5.37. The average Bonchev–Trinajstić information content (AvgIpc) is 2.29. The summed E-state index contributed by atoms with van der Waals surface area (Å²) < 4.78 is 38.5. The largest absolute Gasteiger partial charge is 0.315 e. The smallest absolute Gasteiger partial charge is 0.240 e. The van der Waals surface area contributed by atoms with E-state index in [9.17, 15) is 12.8 Å². The molecular formula is C11H17FN2O2S. The Kier molecular flexibility index (Phi) is 5.54. The lowest BCUT2D eigenvalue weighted by atomic mass is 10.4. The minimum Gasteiger partial charge on any atom is -0.315 e. The van der Waals surface area contributed by atoms with E-state index in [1.54, 1.807) is 0 Å². The molecule has 96 valence electrons. The first kappa shape index (κ1) is 14.1. The SMILES string of the molecule is CCCNCCNS(=O)(=O)c1ccc(F)cc1. The molecule has 2 N–H and O–H groups in total. The Morgan fingerprint density at radius 3 is 2.35 bits per heavy atom. The summed E-state index contributed by atoms with van der Waals surface area (Å²) in [6, 6.07) is 4.75. The maximum Gasteiger partial charge on any atom is 0.240 e. The summed E-state index contributed by atoms with van der Waals surface area (Å²) in [5.74, 6) is -0.450. The normalized spacial score (nSPS) is 11.6. The molecule has 1 aromatic rings. The zero-order valence-electron chi connectivity index (χ0n) is 9.74. The van der Waals surface area contributed by atoms with Gasteiger partial charge in [0.25, 0.3) is 0 Å². The molecule has 0 amide bonds. The van der Waals surface area contributed by atoms with Crippen LogP contribution >= 0.6 is 0 Å². The van der Waals surface area contributed by atoms with Gasteiger partial charge < -0.3 is 5.32 Å². The maximum absolute atomic E-state index is 12.6. The highest BCUT2D eigenvalue weighted by Gasteiger charge is 2.12. The second kappa shape index (κ2) is 6.68. The van der Waals surface area contributed by atoms with Crippen molar-refractivity contribution in [3.63, 3.8) is 0 Å². The maximum atomic E-state index is 12.6. The molecule has 6 heteroatoms. The number of sulfonamides is 1. The highest BCUT2D eigenvalue weighted by atomic mass is 32.2. The Labute approximate surface area is 101 Å². The van der Waals surface area contributed by atoms with E-state index in [-0.39, 0.29) is 4.90 Å². The monoisotopic (exact) mass is 260 g/mol. The van der Waals surface area contributed by atoms with E-state index in [0.29, 0.717) is 13.1 Å². The van der Waals surface area contributed by atoms with Gasteiger partial charge >= 0.3 is 0 Å². The van der Waals surface area contributed by atoms with Gasteiger partial charge in [-0.1, -0.05) is 6.92 Å². The highest BCUT2D eigenvalue weighted by Crippen LogP contribution is 2.08. The van der Waals surface area contributed by atoms with E-state index >= 15 is 0 Å². The lowest BCUT2D eigenvalue weighted by molar-refractivity contribution is 0.574. The highest BCUT2D eigenvalue weighted by molar-refractivity contribution is 7.89. The third kappa shape index (κ3) is 4.80. The zero-order valence-corrected chi connectivity index (χ0v) is 10.6. The molecule has 0 radical (unpaired) electrons. The summed E-state index contributed by atoms with van der Waals surface area (Å²) in [6.07, 6.45) is 1.00.